The molecule has 122 valence electrons. The molecule has 1 aromatic carbocycles. The van der Waals surface area contributed by atoms with Crippen LogP contribution in [0.1, 0.15) is 23.4 Å². The summed E-state index contributed by atoms with van der Waals surface area (Å²) in [7, 11) is 0. The average molecular weight is 333 g/mol. The predicted molar refractivity (Wildman–Crippen MR) is 92.1 cm³/mol. The third-order valence-corrected chi connectivity index (χ3v) is 4.10. The van der Waals surface area contributed by atoms with E-state index in [-0.39, 0.29) is 0 Å². The highest BCUT2D eigenvalue weighted by Crippen LogP contribution is 2.28. The Kier molecular flexibility index (Phi) is 5.03. The van der Waals surface area contributed by atoms with E-state index in [2.05, 4.69) is 24.2 Å². The summed E-state index contributed by atoms with van der Waals surface area (Å²) >= 11 is 6.24. The van der Waals surface area contributed by atoms with Gasteiger partial charge in [-0.2, -0.15) is 5.10 Å². The van der Waals surface area contributed by atoms with Crippen LogP contribution in [0.2, 0.25) is 5.02 Å². The fourth-order valence-corrected chi connectivity index (χ4v) is 3.00. The van der Waals surface area contributed by atoms with Crippen molar-refractivity contribution in [2.45, 2.75) is 26.8 Å². The van der Waals surface area contributed by atoms with Gasteiger partial charge in [-0.1, -0.05) is 17.7 Å². The molecule has 1 aliphatic heterocycles. The fourth-order valence-electron chi connectivity index (χ4n) is 2.77. The number of aryl methyl sites for hydroxylation is 2. The molecule has 0 fully saturated rings. The van der Waals surface area contributed by atoms with Crippen molar-refractivity contribution < 1.29 is 9.47 Å². The number of rotatable bonds is 5. The van der Waals surface area contributed by atoms with E-state index >= 15 is 0 Å². The molecule has 0 bridgehead atoms. The molecule has 0 saturated carbocycles. The van der Waals surface area contributed by atoms with Gasteiger partial charge in [0.2, 0.25) is 0 Å². The molecule has 0 unspecified atom stereocenters. The van der Waals surface area contributed by atoms with E-state index < -0.39 is 0 Å². The van der Waals surface area contributed by atoms with E-state index in [1.165, 1.54) is 5.57 Å². The minimum atomic E-state index is 0.559. The zero-order valence-corrected chi connectivity index (χ0v) is 14.3. The van der Waals surface area contributed by atoms with Crippen LogP contribution < -0.4 is 4.74 Å². The number of halogens is 1. The van der Waals surface area contributed by atoms with Gasteiger partial charge in [-0.3, -0.25) is 4.68 Å². The minimum Gasteiger partial charge on any atom is -0.492 e. The van der Waals surface area contributed by atoms with Crippen molar-refractivity contribution in [1.82, 2.24) is 9.78 Å². The van der Waals surface area contributed by atoms with Gasteiger partial charge in [0.05, 0.1) is 25.5 Å². The number of aromatic nitrogens is 2. The van der Waals surface area contributed by atoms with E-state index in [0.29, 0.717) is 18.2 Å². The number of nitrogens with zero attached hydrogens (tertiary/aromatic N) is 2. The Morgan fingerprint density at radius 2 is 2.13 bits per heavy atom. The summed E-state index contributed by atoms with van der Waals surface area (Å²) in [5.41, 5.74) is 4.55. The third kappa shape index (κ3) is 4.15. The molecule has 0 spiro atoms. The molecule has 4 nitrogen and oxygen atoms in total. The quantitative estimate of drug-likeness (QED) is 0.829. The highest BCUT2D eigenvalue weighted by Gasteiger charge is 2.09. The lowest BCUT2D eigenvalue weighted by molar-refractivity contribution is 0.161. The summed E-state index contributed by atoms with van der Waals surface area (Å²) in [5, 5.41) is 5.13. The molecule has 23 heavy (non-hydrogen) atoms. The first-order valence-electron chi connectivity index (χ1n) is 7.83. The molecule has 0 saturated heterocycles. The van der Waals surface area contributed by atoms with Crippen molar-refractivity contribution in [2.75, 3.05) is 19.8 Å². The van der Waals surface area contributed by atoms with Crippen LogP contribution >= 0.6 is 11.6 Å². The van der Waals surface area contributed by atoms with Crippen molar-refractivity contribution in [3.63, 3.8) is 0 Å². The normalized spacial score (nSPS) is 14.7. The number of hydrogen-bond donors (Lipinski definition) is 0. The molecule has 1 aromatic heterocycles. The molecule has 0 aliphatic carbocycles. The Balaban J connectivity index is 1.67. The average Bonchev–Trinajstić information content (AvgIpc) is 2.85. The molecular formula is C18H21ClN2O2. The Morgan fingerprint density at radius 1 is 1.26 bits per heavy atom. The monoisotopic (exact) mass is 332 g/mol. The molecule has 2 heterocycles. The van der Waals surface area contributed by atoms with Gasteiger partial charge in [0.1, 0.15) is 12.4 Å². The van der Waals surface area contributed by atoms with E-state index in [4.69, 9.17) is 21.1 Å². The zero-order chi connectivity index (χ0) is 16.2. The van der Waals surface area contributed by atoms with Crippen LogP contribution in [-0.2, 0) is 11.3 Å². The van der Waals surface area contributed by atoms with Crippen LogP contribution in [0.3, 0.4) is 0 Å². The second kappa shape index (κ2) is 7.20. The maximum Gasteiger partial charge on any atom is 0.121 e. The molecule has 0 atom stereocenters. The molecule has 0 N–H and O–H groups in total. The number of benzene rings is 1. The lowest BCUT2D eigenvalue weighted by Crippen LogP contribution is -2.11. The van der Waals surface area contributed by atoms with E-state index in [0.717, 1.165) is 42.3 Å². The first-order valence-corrected chi connectivity index (χ1v) is 8.21. The molecule has 3 rings (SSSR count). The van der Waals surface area contributed by atoms with Gasteiger partial charge in [-0.05, 0) is 55.7 Å². The minimum absolute atomic E-state index is 0.559. The Bertz CT molecular complexity index is 722. The first kappa shape index (κ1) is 16.1. The zero-order valence-electron chi connectivity index (χ0n) is 13.5. The van der Waals surface area contributed by atoms with Crippen molar-refractivity contribution in [1.29, 1.82) is 0 Å². The smallest absolute Gasteiger partial charge is 0.121 e. The van der Waals surface area contributed by atoms with Crippen molar-refractivity contribution >= 4 is 17.2 Å². The van der Waals surface area contributed by atoms with Gasteiger partial charge in [0.25, 0.3) is 0 Å². The number of hydrogen-bond acceptors (Lipinski definition) is 3. The van der Waals surface area contributed by atoms with Crippen LogP contribution in [0.25, 0.3) is 5.57 Å². The summed E-state index contributed by atoms with van der Waals surface area (Å²) < 4.78 is 13.2. The maximum atomic E-state index is 6.24. The largest absolute Gasteiger partial charge is 0.492 e. The standard InChI is InChI=1S/C18H21ClN2O2/c1-13-9-14(2)21(20-13)5-8-23-18-11-16(10-17(19)12-18)15-3-6-22-7-4-15/h3,9-12H,4-8H2,1-2H3. The summed E-state index contributed by atoms with van der Waals surface area (Å²) in [5.74, 6) is 0.793. The summed E-state index contributed by atoms with van der Waals surface area (Å²) in [6.45, 7) is 6.74. The lowest BCUT2D eigenvalue weighted by atomic mass is 10.0. The highest BCUT2D eigenvalue weighted by atomic mass is 35.5. The van der Waals surface area contributed by atoms with E-state index in [1.54, 1.807) is 0 Å². The van der Waals surface area contributed by atoms with Crippen LogP contribution in [0, 0.1) is 13.8 Å². The van der Waals surface area contributed by atoms with Crippen LogP contribution in [-0.4, -0.2) is 29.6 Å². The van der Waals surface area contributed by atoms with Gasteiger partial charge in [0, 0.05) is 10.7 Å². The van der Waals surface area contributed by atoms with E-state index in [1.807, 2.05) is 29.8 Å². The third-order valence-electron chi connectivity index (χ3n) is 3.88. The van der Waals surface area contributed by atoms with E-state index in [9.17, 15) is 0 Å². The number of ether oxygens (including phenoxy) is 2. The Hall–Kier alpha value is -1.78. The summed E-state index contributed by atoms with van der Waals surface area (Å²) in [4.78, 5) is 0. The lowest BCUT2D eigenvalue weighted by Gasteiger charge is -2.15. The van der Waals surface area contributed by atoms with Gasteiger partial charge >= 0.3 is 0 Å². The maximum absolute atomic E-state index is 6.24. The van der Waals surface area contributed by atoms with Crippen molar-refractivity contribution in [3.8, 4) is 5.75 Å². The second-order valence-corrected chi connectivity index (χ2v) is 6.17. The fraction of sp³-hybridized carbons (Fsp3) is 0.389. The Labute approximate surface area is 141 Å². The van der Waals surface area contributed by atoms with Crippen molar-refractivity contribution in [3.05, 3.63) is 52.3 Å². The highest BCUT2D eigenvalue weighted by molar-refractivity contribution is 6.30. The molecule has 5 heteroatoms. The summed E-state index contributed by atoms with van der Waals surface area (Å²) in [6.07, 6.45) is 3.01. The molecule has 1 aliphatic rings. The molecule has 0 amide bonds. The van der Waals surface area contributed by atoms with Crippen LogP contribution in [0.15, 0.2) is 30.3 Å². The van der Waals surface area contributed by atoms with Crippen LogP contribution in [0.4, 0.5) is 0 Å². The topological polar surface area (TPSA) is 36.3 Å². The SMILES string of the molecule is Cc1cc(C)n(CCOc2cc(Cl)cc(C3=CCOCC3)c2)n1. The first-order chi connectivity index (χ1) is 11.1. The van der Waals surface area contributed by atoms with Crippen LogP contribution in [0.5, 0.6) is 5.75 Å². The van der Waals surface area contributed by atoms with Crippen molar-refractivity contribution in [2.24, 2.45) is 0 Å². The van der Waals surface area contributed by atoms with Gasteiger partial charge < -0.3 is 9.47 Å². The van der Waals surface area contributed by atoms with Gasteiger partial charge in [-0.25, -0.2) is 0 Å². The second-order valence-electron chi connectivity index (χ2n) is 5.73. The predicted octanol–water partition coefficient (Wildman–Crippen LogP) is 4.04. The summed E-state index contributed by atoms with van der Waals surface area (Å²) in [6, 6.07) is 7.94. The molecular weight excluding hydrogens is 312 g/mol. The Morgan fingerprint density at radius 3 is 2.83 bits per heavy atom. The van der Waals surface area contributed by atoms with Gasteiger partial charge in [0.15, 0.2) is 0 Å². The van der Waals surface area contributed by atoms with Gasteiger partial charge in [-0.15, -0.1) is 0 Å². The molecule has 2 aromatic rings. The molecule has 0 radical (unpaired) electrons.